The van der Waals surface area contributed by atoms with Crippen LogP contribution in [0.2, 0.25) is 5.02 Å². The minimum absolute atomic E-state index is 0.396. The van der Waals surface area contributed by atoms with Gasteiger partial charge in [-0.1, -0.05) is 11.6 Å². The number of hydrogen-bond acceptors (Lipinski definition) is 5. The van der Waals surface area contributed by atoms with Crippen molar-refractivity contribution in [2.24, 2.45) is 0 Å². The highest BCUT2D eigenvalue weighted by Crippen LogP contribution is 2.34. The summed E-state index contributed by atoms with van der Waals surface area (Å²) in [6, 6.07) is 8.64. The smallest absolute Gasteiger partial charge is 0.215 e. The molecule has 5 rings (SSSR count). The Morgan fingerprint density at radius 2 is 2.07 bits per heavy atom. The standard InChI is InChI=1S/C20H18ClFN6O/c1-29-12-2-3-13(15(21)8-12)14-9-23-28-7-6-27(10-17(14)28)11-19-24-16-4-5-18(22)25-20(16)26-19/h2-5,8-9H,6-7,10-11H2,1H3,(H,24,25,26). The summed E-state index contributed by atoms with van der Waals surface area (Å²) < 4.78 is 20.6. The van der Waals surface area contributed by atoms with Crippen LogP contribution in [0.4, 0.5) is 4.39 Å². The molecule has 0 atom stereocenters. The first-order chi connectivity index (χ1) is 14.1. The van der Waals surface area contributed by atoms with Gasteiger partial charge in [-0.2, -0.15) is 14.5 Å². The molecule has 0 radical (unpaired) electrons. The second-order valence-electron chi connectivity index (χ2n) is 6.97. The second-order valence-corrected chi connectivity index (χ2v) is 7.38. The third-order valence-corrected chi connectivity index (χ3v) is 5.46. The Kier molecular flexibility index (Phi) is 4.44. The molecule has 0 amide bonds. The number of nitrogens with one attached hydrogen (secondary N) is 1. The van der Waals surface area contributed by atoms with Crippen LogP contribution in [0, 0.1) is 5.95 Å². The lowest BCUT2D eigenvalue weighted by atomic mass is 10.0. The third kappa shape index (κ3) is 3.34. The molecule has 0 aliphatic carbocycles. The molecule has 0 saturated heterocycles. The Hall–Kier alpha value is -2.97. The van der Waals surface area contributed by atoms with Gasteiger partial charge in [-0.05, 0) is 30.3 Å². The van der Waals surface area contributed by atoms with Gasteiger partial charge in [0.15, 0.2) is 5.65 Å². The van der Waals surface area contributed by atoms with Crippen molar-refractivity contribution in [3.05, 3.63) is 59.0 Å². The van der Waals surface area contributed by atoms with E-state index in [4.69, 9.17) is 16.3 Å². The lowest BCUT2D eigenvalue weighted by Gasteiger charge is -2.27. The first kappa shape index (κ1) is 18.1. The highest BCUT2D eigenvalue weighted by atomic mass is 35.5. The van der Waals surface area contributed by atoms with Crippen LogP contribution >= 0.6 is 11.6 Å². The number of imidazole rings is 1. The summed E-state index contributed by atoms with van der Waals surface area (Å²) >= 11 is 6.48. The van der Waals surface area contributed by atoms with Crippen molar-refractivity contribution < 1.29 is 9.13 Å². The van der Waals surface area contributed by atoms with Gasteiger partial charge in [0.25, 0.3) is 0 Å². The van der Waals surface area contributed by atoms with Crippen molar-refractivity contribution in [2.75, 3.05) is 13.7 Å². The van der Waals surface area contributed by atoms with Crippen molar-refractivity contribution in [3.8, 4) is 16.9 Å². The maximum absolute atomic E-state index is 13.3. The third-order valence-electron chi connectivity index (χ3n) is 5.15. The van der Waals surface area contributed by atoms with E-state index in [1.807, 2.05) is 29.1 Å². The van der Waals surface area contributed by atoms with E-state index in [-0.39, 0.29) is 0 Å². The highest BCUT2D eigenvalue weighted by molar-refractivity contribution is 6.33. The monoisotopic (exact) mass is 412 g/mol. The van der Waals surface area contributed by atoms with Gasteiger partial charge in [-0.3, -0.25) is 9.58 Å². The molecule has 29 heavy (non-hydrogen) atoms. The van der Waals surface area contributed by atoms with Gasteiger partial charge in [-0.25, -0.2) is 4.98 Å². The van der Waals surface area contributed by atoms with Crippen LogP contribution in [0.5, 0.6) is 5.75 Å². The van der Waals surface area contributed by atoms with Crippen molar-refractivity contribution in [3.63, 3.8) is 0 Å². The van der Waals surface area contributed by atoms with Crippen molar-refractivity contribution in [1.29, 1.82) is 0 Å². The maximum Gasteiger partial charge on any atom is 0.215 e. The van der Waals surface area contributed by atoms with E-state index < -0.39 is 5.95 Å². The molecule has 9 heteroatoms. The number of benzene rings is 1. The Morgan fingerprint density at radius 1 is 1.17 bits per heavy atom. The van der Waals surface area contributed by atoms with Crippen LogP contribution in [0.15, 0.2) is 36.5 Å². The fourth-order valence-corrected chi connectivity index (χ4v) is 3.98. The molecule has 4 heterocycles. The summed E-state index contributed by atoms with van der Waals surface area (Å²) in [5.74, 6) is 0.949. The van der Waals surface area contributed by atoms with E-state index in [2.05, 4.69) is 25.0 Å². The molecule has 0 fully saturated rings. The topological polar surface area (TPSA) is 71.9 Å². The van der Waals surface area contributed by atoms with Crippen LogP contribution in [0.3, 0.4) is 0 Å². The van der Waals surface area contributed by atoms with Gasteiger partial charge in [-0.15, -0.1) is 0 Å². The van der Waals surface area contributed by atoms with E-state index in [0.717, 1.165) is 47.0 Å². The first-order valence-corrected chi connectivity index (χ1v) is 9.60. The fourth-order valence-electron chi connectivity index (χ4n) is 3.70. The van der Waals surface area contributed by atoms with Gasteiger partial charge < -0.3 is 9.72 Å². The number of hydrogen-bond donors (Lipinski definition) is 1. The predicted molar refractivity (Wildman–Crippen MR) is 107 cm³/mol. The fraction of sp³-hybridized carbons (Fsp3) is 0.250. The van der Waals surface area contributed by atoms with Crippen molar-refractivity contribution >= 4 is 22.8 Å². The molecular weight excluding hydrogens is 395 g/mol. The quantitative estimate of drug-likeness (QED) is 0.518. The predicted octanol–water partition coefficient (Wildman–Crippen LogP) is 3.64. The van der Waals surface area contributed by atoms with Crippen LogP contribution in [-0.2, 0) is 19.6 Å². The number of fused-ring (bicyclic) bond motifs is 2. The Bertz CT molecular complexity index is 1200. The van der Waals surface area contributed by atoms with Gasteiger partial charge >= 0.3 is 0 Å². The number of rotatable bonds is 4. The number of H-pyrrole nitrogens is 1. The van der Waals surface area contributed by atoms with Crippen LogP contribution in [0.1, 0.15) is 11.5 Å². The molecule has 0 saturated carbocycles. The molecule has 1 aliphatic rings. The number of nitrogens with zero attached hydrogens (tertiary/aromatic N) is 5. The van der Waals surface area contributed by atoms with Crippen LogP contribution in [0.25, 0.3) is 22.3 Å². The summed E-state index contributed by atoms with van der Waals surface area (Å²) in [7, 11) is 1.62. The lowest BCUT2D eigenvalue weighted by Crippen LogP contribution is -2.34. The van der Waals surface area contributed by atoms with Crippen molar-refractivity contribution in [2.45, 2.75) is 19.6 Å². The molecule has 0 unspecified atom stereocenters. The number of halogens is 2. The zero-order valence-corrected chi connectivity index (χ0v) is 16.4. The Morgan fingerprint density at radius 3 is 2.90 bits per heavy atom. The number of aromatic amines is 1. The minimum Gasteiger partial charge on any atom is -0.497 e. The number of ether oxygens (including phenoxy) is 1. The second kappa shape index (κ2) is 7.13. The zero-order valence-electron chi connectivity index (χ0n) is 15.7. The molecule has 7 nitrogen and oxygen atoms in total. The maximum atomic E-state index is 13.3. The minimum atomic E-state index is -0.529. The average molecular weight is 413 g/mol. The summed E-state index contributed by atoms with van der Waals surface area (Å²) in [6.45, 7) is 2.93. The van der Waals surface area contributed by atoms with Crippen LogP contribution < -0.4 is 4.74 Å². The summed E-state index contributed by atoms with van der Waals surface area (Å²) in [5.41, 5.74) is 4.17. The molecule has 1 aromatic carbocycles. The van der Waals surface area contributed by atoms with E-state index in [9.17, 15) is 4.39 Å². The number of pyridine rings is 1. The first-order valence-electron chi connectivity index (χ1n) is 9.23. The van der Waals surface area contributed by atoms with Gasteiger partial charge in [0, 0.05) is 24.2 Å². The summed E-state index contributed by atoms with van der Waals surface area (Å²) in [5, 5.41) is 5.16. The Labute approximate surface area is 171 Å². The van der Waals surface area contributed by atoms with Gasteiger partial charge in [0.1, 0.15) is 11.6 Å². The van der Waals surface area contributed by atoms with Gasteiger partial charge in [0.2, 0.25) is 5.95 Å². The Balaban J connectivity index is 1.41. The summed E-state index contributed by atoms with van der Waals surface area (Å²) in [4.78, 5) is 13.7. The van der Waals surface area contributed by atoms with E-state index in [1.54, 1.807) is 13.2 Å². The van der Waals surface area contributed by atoms with E-state index in [0.29, 0.717) is 23.8 Å². The van der Waals surface area contributed by atoms with Crippen LogP contribution in [-0.4, -0.2) is 43.3 Å². The molecule has 0 bridgehead atoms. The number of aromatic nitrogens is 5. The average Bonchev–Trinajstić information content (AvgIpc) is 3.30. The van der Waals surface area contributed by atoms with E-state index >= 15 is 0 Å². The molecule has 4 aromatic rings. The largest absolute Gasteiger partial charge is 0.497 e. The SMILES string of the molecule is COc1ccc(-c2cnn3c2CN(Cc2nc4nc(F)ccc4[nH]2)CC3)c(Cl)c1. The highest BCUT2D eigenvalue weighted by Gasteiger charge is 2.23. The molecular formula is C20H18ClFN6O. The van der Waals surface area contributed by atoms with Gasteiger partial charge in [0.05, 0.1) is 42.6 Å². The number of methoxy groups -OCH3 is 1. The van der Waals surface area contributed by atoms with E-state index in [1.165, 1.54) is 6.07 Å². The normalized spacial score (nSPS) is 14.3. The molecule has 148 valence electrons. The lowest BCUT2D eigenvalue weighted by molar-refractivity contribution is 0.201. The molecule has 3 aromatic heterocycles. The summed E-state index contributed by atoms with van der Waals surface area (Å²) in [6.07, 6.45) is 1.86. The zero-order chi connectivity index (χ0) is 20.0. The molecule has 1 aliphatic heterocycles. The molecule has 0 spiro atoms. The van der Waals surface area contributed by atoms with Crippen molar-refractivity contribution in [1.82, 2.24) is 29.6 Å². The molecule has 1 N–H and O–H groups in total.